The van der Waals surface area contributed by atoms with Gasteiger partial charge in [0, 0.05) is 30.3 Å². The summed E-state index contributed by atoms with van der Waals surface area (Å²) in [5, 5.41) is 11.6. The second-order valence-electron chi connectivity index (χ2n) is 7.08. The number of hydrogen-bond donors (Lipinski definition) is 1. The molecule has 6 nitrogen and oxygen atoms in total. The molecule has 0 atom stereocenters. The summed E-state index contributed by atoms with van der Waals surface area (Å²) in [5.41, 5.74) is 2.66. The number of rotatable bonds is 5. The number of methoxy groups -OCH3 is 1. The zero-order valence-electron chi connectivity index (χ0n) is 16.5. The number of carbonyl (C=O) groups excluding carboxylic acids is 1. The summed E-state index contributed by atoms with van der Waals surface area (Å²) in [7, 11) is 1.62. The van der Waals surface area contributed by atoms with E-state index in [2.05, 4.69) is 20.1 Å². The average molecular weight is 388 g/mol. The topological polar surface area (TPSA) is 69.0 Å². The minimum atomic E-state index is -0.183. The van der Waals surface area contributed by atoms with E-state index in [9.17, 15) is 4.79 Å². The van der Waals surface area contributed by atoms with Crippen molar-refractivity contribution in [2.45, 2.75) is 32.2 Å². The van der Waals surface area contributed by atoms with Gasteiger partial charge < -0.3 is 14.6 Å². The molecule has 0 aliphatic carbocycles. The van der Waals surface area contributed by atoms with Gasteiger partial charge in [-0.25, -0.2) is 0 Å². The predicted octanol–water partition coefficient (Wildman–Crippen LogP) is 4.33. The van der Waals surface area contributed by atoms with E-state index in [-0.39, 0.29) is 5.91 Å². The Hall–Kier alpha value is -3.41. The van der Waals surface area contributed by atoms with Crippen LogP contribution in [0.3, 0.4) is 0 Å². The lowest BCUT2D eigenvalue weighted by Gasteiger charge is -2.08. The van der Waals surface area contributed by atoms with E-state index in [0.717, 1.165) is 53.6 Å². The number of fused-ring (bicyclic) bond motifs is 1. The molecular weight excluding hydrogens is 364 g/mol. The monoisotopic (exact) mass is 388 g/mol. The quantitative estimate of drug-likeness (QED) is 0.661. The summed E-state index contributed by atoms with van der Waals surface area (Å²) in [6.45, 7) is 0.964. The fourth-order valence-electron chi connectivity index (χ4n) is 3.50. The lowest BCUT2D eigenvalue weighted by molar-refractivity contribution is -0.111. The van der Waals surface area contributed by atoms with Crippen LogP contribution in [0.15, 0.2) is 54.6 Å². The molecule has 0 saturated heterocycles. The minimum absolute atomic E-state index is 0.183. The molecule has 148 valence electrons. The molecule has 0 fully saturated rings. The van der Waals surface area contributed by atoms with Crippen molar-refractivity contribution < 1.29 is 9.53 Å². The molecular formula is C23H24N4O2. The zero-order valence-corrected chi connectivity index (χ0v) is 16.5. The Kier molecular flexibility index (Phi) is 5.70. The molecule has 0 saturated carbocycles. The molecule has 1 aliphatic rings. The number of carbonyl (C=O) groups is 1. The molecule has 0 radical (unpaired) electrons. The van der Waals surface area contributed by atoms with Crippen LogP contribution in [-0.4, -0.2) is 27.8 Å². The van der Waals surface area contributed by atoms with E-state index in [1.807, 2.05) is 48.5 Å². The third-order valence-corrected chi connectivity index (χ3v) is 5.04. The fraction of sp³-hybridized carbons (Fsp3) is 0.261. The van der Waals surface area contributed by atoms with Gasteiger partial charge in [0.1, 0.15) is 11.6 Å². The Morgan fingerprint density at radius 3 is 2.79 bits per heavy atom. The summed E-state index contributed by atoms with van der Waals surface area (Å²) >= 11 is 0. The Morgan fingerprint density at radius 2 is 1.97 bits per heavy atom. The van der Waals surface area contributed by atoms with Gasteiger partial charge in [0.2, 0.25) is 5.91 Å². The number of hydrogen-bond acceptors (Lipinski definition) is 4. The van der Waals surface area contributed by atoms with Crippen LogP contribution in [0.25, 0.3) is 17.5 Å². The van der Waals surface area contributed by atoms with Crippen LogP contribution in [0.1, 0.15) is 30.7 Å². The average Bonchev–Trinajstić information content (AvgIpc) is 3.01. The molecule has 29 heavy (non-hydrogen) atoms. The largest absolute Gasteiger partial charge is 0.497 e. The van der Waals surface area contributed by atoms with Gasteiger partial charge in [-0.05, 0) is 60.9 Å². The van der Waals surface area contributed by atoms with Crippen LogP contribution in [-0.2, 0) is 17.8 Å². The number of amides is 1. The van der Waals surface area contributed by atoms with Gasteiger partial charge in [-0.3, -0.25) is 4.79 Å². The first kappa shape index (κ1) is 18.9. The number of anilines is 1. The fourth-order valence-corrected chi connectivity index (χ4v) is 3.50. The highest BCUT2D eigenvalue weighted by atomic mass is 16.5. The third kappa shape index (κ3) is 4.54. The molecule has 3 aromatic rings. The zero-order chi connectivity index (χ0) is 20.1. The SMILES string of the molecule is COc1cccc(/C=C/C(=O)Nc2ccc(-c3nnc4n3CCCCC4)cc2)c1. The van der Waals surface area contributed by atoms with E-state index in [1.54, 1.807) is 13.2 Å². The summed E-state index contributed by atoms with van der Waals surface area (Å²) in [5.74, 6) is 2.54. The van der Waals surface area contributed by atoms with Crippen molar-refractivity contribution >= 4 is 17.7 Å². The summed E-state index contributed by atoms with van der Waals surface area (Å²) in [6.07, 6.45) is 7.83. The van der Waals surface area contributed by atoms with Crippen molar-refractivity contribution in [2.24, 2.45) is 0 Å². The number of aryl methyl sites for hydroxylation is 1. The van der Waals surface area contributed by atoms with Gasteiger partial charge in [-0.2, -0.15) is 0 Å². The van der Waals surface area contributed by atoms with E-state index in [1.165, 1.54) is 18.9 Å². The highest BCUT2D eigenvalue weighted by molar-refractivity contribution is 6.02. The van der Waals surface area contributed by atoms with E-state index < -0.39 is 0 Å². The Bertz CT molecular complexity index is 1020. The molecule has 0 spiro atoms. The normalized spacial score (nSPS) is 13.7. The smallest absolute Gasteiger partial charge is 0.248 e. The minimum Gasteiger partial charge on any atom is -0.497 e. The molecule has 0 unspecified atom stereocenters. The van der Waals surface area contributed by atoms with Crippen LogP contribution in [0.4, 0.5) is 5.69 Å². The summed E-state index contributed by atoms with van der Waals surface area (Å²) in [6, 6.07) is 15.3. The maximum atomic E-state index is 12.2. The van der Waals surface area contributed by atoms with Crippen molar-refractivity contribution in [1.82, 2.24) is 14.8 Å². The van der Waals surface area contributed by atoms with Gasteiger partial charge in [0.25, 0.3) is 0 Å². The Balaban J connectivity index is 1.42. The lowest BCUT2D eigenvalue weighted by Crippen LogP contribution is -2.07. The van der Waals surface area contributed by atoms with E-state index in [4.69, 9.17) is 4.74 Å². The van der Waals surface area contributed by atoms with Crippen molar-refractivity contribution in [1.29, 1.82) is 0 Å². The van der Waals surface area contributed by atoms with E-state index >= 15 is 0 Å². The van der Waals surface area contributed by atoms with Gasteiger partial charge >= 0.3 is 0 Å². The predicted molar refractivity (Wildman–Crippen MR) is 114 cm³/mol. The molecule has 1 amide bonds. The van der Waals surface area contributed by atoms with Crippen LogP contribution in [0.2, 0.25) is 0 Å². The van der Waals surface area contributed by atoms with Gasteiger partial charge in [0.05, 0.1) is 7.11 Å². The van der Waals surface area contributed by atoms with Crippen molar-refractivity contribution in [3.05, 3.63) is 66.0 Å². The van der Waals surface area contributed by atoms with Gasteiger partial charge in [-0.1, -0.05) is 18.6 Å². The molecule has 1 aliphatic heterocycles. The highest BCUT2D eigenvalue weighted by Crippen LogP contribution is 2.24. The molecule has 2 aromatic carbocycles. The van der Waals surface area contributed by atoms with Gasteiger partial charge in [0.15, 0.2) is 5.82 Å². The number of benzene rings is 2. The highest BCUT2D eigenvalue weighted by Gasteiger charge is 2.15. The number of nitrogens with zero attached hydrogens (tertiary/aromatic N) is 3. The molecule has 6 heteroatoms. The Labute approximate surface area is 170 Å². The number of aromatic nitrogens is 3. The number of nitrogens with one attached hydrogen (secondary N) is 1. The second kappa shape index (κ2) is 8.73. The standard InChI is InChI=1S/C23H24N4O2/c1-29-20-7-5-6-17(16-20)9-14-22(28)24-19-12-10-18(11-13-19)23-26-25-21-8-3-2-4-15-27(21)23/h5-7,9-14,16H,2-4,8,15H2,1H3,(H,24,28)/b14-9+. The van der Waals surface area contributed by atoms with Crippen LogP contribution in [0.5, 0.6) is 5.75 Å². The molecule has 2 heterocycles. The molecule has 1 aromatic heterocycles. The van der Waals surface area contributed by atoms with Crippen molar-refractivity contribution in [3.8, 4) is 17.1 Å². The summed E-state index contributed by atoms with van der Waals surface area (Å²) < 4.78 is 7.41. The first-order valence-electron chi connectivity index (χ1n) is 9.88. The lowest BCUT2D eigenvalue weighted by atomic mass is 10.2. The maximum absolute atomic E-state index is 12.2. The van der Waals surface area contributed by atoms with E-state index in [0.29, 0.717) is 0 Å². The second-order valence-corrected chi connectivity index (χ2v) is 7.08. The van der Waals surface area contributed by atoms with Gasteiger partial charge in [-0.15, -0.1) is 10.2 Å². The van der Waals surface area contributed by atoms with Crippen molar-refractivity contribution in [3.63, 3.8) is 0 Å². The summed E-state index contributed by atoms with van der Waals surface area (Å²) in [4.78, 5) is 12.2. The first-order valence-corrected chi connectivity index (χ1v) is 9.88. The number of ether oxygens (including phenoxy) is 1. The van der Waals surface area contributed by atoms with Crippen LogP contribution < -0.4 is 10.1 Å². The maximum Gasteiger partial charge on any atom is 0.248 e. The molecule has 1 N–H and O–H groups in total. The van der Waals surface area contributed by atoms with Crippen LogP contribution >= 0.6 is 0 Å². The molecule has 0 bridgehead atoms. The Morgan fingerprint density at radius 1 is 1.10 bits per heavy atom. The first-order chi connectivity index (χ1) is 14.2. The van der Waals surface area contributed by atoms with Crippen LogP contribution in [0, 0.1) is 0 Å². The molecule has 4 rings (SSSR count). The van der Waals surface area contributed by atoms with Crippen molar-refractivity contribution in [2.75, 3.05) is 12.4 Å². The third-order valence-electron chi connectivity index (χ3n) is 5.04.